The van der Waals surface area contributed by atoms with Gasteiger partial charge in [-0.15, -0.1) is 0 Å². The maximum absolute atomic E-state index is 13.0. The third-order valence-electron chi connectivity index (χ3n) is 4.26. The molecule has 0 aliphatic rings. The van der Waals surface area contributed by atoms with Gasteiger partial charge in [-0.05, 0) is 79.6 Å². The van der Waals surface area contributed by atoms with E-state index < -0.39 is 0 Å². The molecule has 1 amide bonds. The van der Waals surface area contributed by atoms with Gasteiger partial charge in [-0.1, -0.05) is 12.1 Å². The highest BCUT2D eigenvalue weighted by molar-refractivity contribution is 6.09. The summed E-state index contributed by atoms with van der Waals surface area (Å²) in [6.07, 6.45) is 0. The number of nitrogens with one attached hydrogen (secondary N) is 1. The SMILES string of the molecule is Cc1ccc(C)c(NC(=O)COc2ccc(C(=O)c3ccc(F)cc3)cc2)c1. The van der Waals surface area contributed by atoms with Crippen LogP contribution in [0.5, 0.6) is 5.75 Å². The Balaban J connectivity index is 1.58. The summed E-state index contributed by atoms with van der Waals surface area (Å²) in [6.45, 7) is 3.74. The third-order valence-corrected chi connectivity index (χ3v) is 4.26. The fraction of sp³-hybridized carbons (Fsp3) is 0.130. The van der Waals surface area contributed by atoms with Crippen molar-refractivity contribution in [2.75, 3.05) is 11.9 Å². The molecule has 4 nitrogen and oxygen atoms in total. The van der Waals surface area contributed by atoms with Gasteiger partial charge in [-0.25, -0.2) is 4.39 Å². The van der Waals surface area contributed by atoms with Gasteiger partial charge in [-0.3, -0.25) is 9.59 Å². The lowest BCUT2D eigenvalue weighted by molar-refractivity contribution is -0.118. The van der Waals surface area contributed by atoms with E-state index in [0.717, 1.165) is 16.8 Å². The zero-order valence-corrected chi connectivity index (χ0v) is 15.7. The maximum Gasteiger partial charge on any atom is 0.262 e. The van der Waals surface area contributed by atoms with Crippen LogP contribution >= 0.6 is 0 Å². The Labute approximate surface area is 163 Å². The van der Waals surface area contributed by atoms with Crippen LogP contribution in [0.25, 0.3) is 0 Å². The summed E-state index contributed by atoms with van der Waals surface area (Å²) in [5, 5.41) is 2.83. The first kappa shape index (κ1) is 19.3. The van der Waals surface area contributed by atoms with Crippen LogP contribution < -0.4 is 10.1 Å². The second-order valence-electron chi connectivity index (χ2n) is 6.52. The number of halogens is 1. The highest BCUT2D eigenvalue weighted by atomic mass is 19.1. The first-order valence-electron chi connectivity index (χ1n) is 8.82. The number of rotatable bonds is 6. The number of carbonyl (C=O) groups is 2. The van der Waals surface area contributed by atoms with Gasteiger partial charge >= 0.3 is 0 Å². The van der Waals surface area contributed by atoms with Crippen LogP contribution in [0, 0.1) is 19.7 Å². The Bertz CT molecular complexity index is 995. The smallest absolute Gasteiger partial charge is 0.262 e. The van der Waals surface area contributed by atoms with Crippen molar-refractivity contribution in [2.45, 2.75) is 13.8 Å². The van der Waals surface area contributed by atoms with Gasteiger partial charge in [0.05, 0.1) is 0 Å². The zero-order valence-electron chi connectivity index (χ0n) is 15.7. The van der Waals surface area contributed by atoms with Crippen LogP contribution in [0.15, 0.2) is 66.7 Å². The molecule has 1 N–H and O–H groups in total. The van der Waals surface area contributed by atoms with E-state index in [1.54, 1.807) is 24.3 Å². The Hall–Kier alpha value is -3.47. The van der Waals surface area contributed by atoms with Crippen molar-refractivity contribution in [3.05, 3.63) is 94.8 Å². The lowest BCUT2D eigenvalue weighted by atomic mass is 10.0. The largest absolute Gasteiger partial charge is 0.484 e. The highest BCUT2D eigenvalue weighted by Crippen LogP contribution is 2.18. The van der Waals surface area contributed by atoms with Crippen LogP contribution in [-0.2, 0) is 4.79 Å². The molecule has 3 aromatic carbocycles. The van der Waals surface area contributed by atoms with Crippen LogP contribution in [0.3, 0.4) is 0 Å². The van der Waals surface area contributed by atoms with E-state index in [0.29, 0.717) is 16.9 Å². The number of hydrogen-bond acceptors (Lipinski definition) is 3. The first-order chi connectivity index (χ1) is 13.4. The lowest BCUT2D eigenvalue weighted by Crippen LogP contribution is -2.20. The van der Waals surface area contributed by atoms with Gasteiger partial charge < -0.3 is 10.1 Å². The van der Waals surface area contributed by atoms with E-state index in [1.807, 2.05) is 32.0 Å². The van der Waals surface area contributed by atoms with Gasteiger partial charge in [0, 0.05) is 16.8 Å². The molecule has 0 aliphatic heterocycles. The molecule has 142 valence electrons. The van der Waals surface area contributed by atoms with Gasteiger partial charge in [-0.2, -0.15) is 0 Å². The number of ketones is 1. The molecule has 0 saturated carbocycles. The van der Waals surface area contributed by atoms with E-state index in [4.69, 9.17) is 4.74 Å². The molecule has 0 bridgehead atoms. The van der Waals surface area contributed by atoms with E-state index in [2.05, 4.69) is 5.32 Å². The molecular formula is C23H20FNO3. The minimum Gasteiger partial charge on any atom is -0.484 e. The molecule has 0 aliphatic carbocycles. The van der Waals surface area contributed by atoms with Gasteiger partial charge in [0.15, 0.2) is 12.4 Å². The van der Waals surface area contributed by atoms with Crippen molar-refractivity contribution >= 4 is 17.4 Å². The molecule has 28 heavy (non-hydrogen) atoms. The maximum atomic E-state index is 13.0. The van der Waals surface area contributed by atoms with Crippen molar-refractivity contribution in [3.63, 3.8) is 0 Å². The summed E-state index contributed by atoms with van der Waals surface area (Å²) in [4.78, 5) is 24.5. The zero-order chi connectivity index (χ0) is 20.1. The molecule has 0 spiro atoms. The number of anilines is 1. The normalized spacial score (nSPS) is 10.4. The number of aryl methyl sites for hydroxylation is 2. The van der Waals surface area contributed by atoms with Gasteiger partial charge in [0.1, 0.15) is 11.6 Å². The fourth-order valence-corrected chi connectivity index (χ4v) is 2.68. The summed E-state index contributed by atoms with van der Waals surface area (Å²) >= 11 is 0. The Morgan fingerprint density at radius 3 is 2.14 bits per heavy atom. The number of ether oxygens (including phenoxy) is 1. The minimum absolute atomic E-state index is 0.140. The molecule has 5 heteroatoms. The first-order valence-corrected chi connectivity index (χ1v) is 8.82. The predicted molar refractivity (Wildman–Crippen MR) is 106 cm³/mol. The molecule has 0 heterocycles. The number of benzene rings is 3. The van der Waals surface area contributed by atoms with Crippen LogP contribution in [-0.4, -0.2) is 18.3 Å². The van der Waals surface area contributed by atoms with Gasteiger partial charge in [0.2, 0.25) is 0 Å². The van der Waals surface area contributed by atoms with Crippen molar-refractivity contribution in [2.24, 2.45) is 0 Å². The Morgan fingerprint density at radius 1 is 0.893 bits per heavy atom. The van der Waals surface area contributed by atoms with Crippen LogP contribution in [0.4, 0.5) is 10.1 Å². The summed E-state index contributed by atoms with van der Waals surface area (Å²) in [6, 6.07) is 17.7. The molecule has 0 atom stereocenters. The third kappa shape index (κ3) is 4.82. The molecule has 0 fully saturated rings. The standard InChI is InChI=1S/C23H20FNO3/c1-15-3-4-16(2)21(13-15)25-22(26)14-28-20-11-7-18(8-12-20)23(27)17-5-9-19(24)10-6-17/h3-13H,14H2,1-2H3,(H,25,26). The lowest BCUT2D eigenvalue weighted by Gasteiger charge is -2.10. The second kappa shape index (κ2) is 8.48. The van der Waals surface area contributed by atoms with Crippen LogP contribution in [0.2, 0.25) is 0 Å². The molecule has 0 unspecified atom stereocenters. The van der Waals surface area contributed by atoms with Crippen molar-refractivity contribution in [1.29, 1.82) is 0 Å². The van der Waals surface area contributed by atoms with Crippen molar-refractivity contribution in [3.8, 4) is 5.75 Å². The number of hydrogen-bond donors (Lipinski definition) is 1. The molecule has 0 aromatic heterocycles. The van der Waals surface area contributed by atoms with E-state index in [-0.39, 0.29) is 24.1 Å². The number of carbonyl (C=O) groups excluding carboxylic acids is 2. The summed E-state index contributed by atoms with van der Waals surface area (Å²) in [5.74, 6) is -0.384. The Kier molecular flexibility index (Phi) is 5.84. The quantitative estimate of drug-likeness (QED) is 0.634. The Morgan fingerprint density at radius 2 is 1.50 bits per heavy atom. The van der Waals surface area contributed by atoms with E-state index in [9.17, 15) is 14.0 Å². The average molecular weight is 377 g/mol. The highest BCUT2D eigenvalue weighted by Gasteiger charge is 2.10. The molecule has 0 radical (unpaired) electrons. The van der Waals surface area contributed by atoms with Crippen LogP contribution in [0.1, 0.15) is 27.0 Å². The van der Waals surface area contributed by atoms with Crippen molar-refractivity contribution < 1.29 is 18.7 Å². The van der Waals surface area contributed by atoms with Gasteiger partial charge in [0.25, 0.3) is 5.91 Å². The molecule has 0 saturated heterocycles. The van der Waals surface area contributed by atoms with E-state index in [1.165, 1.54) is 24.3 Å². The van der Waals surface area contributed by atoms with E-state index >= 15 is 0 Å². The summed E-state index contributed by atoms with van der Waals surface area (Å²) in [5.41, 5.74) is 3.65. The predicted octanol–water partition coefficient (Wildman–Crippen LogP) is 4.69. The number of amides is 1. The average Bonchev–Trinajstić information content (AvgIpc) is 2.70. The summed E-state index contributed by atoms with van der Waals surface area (Å²) < 4.78 is 18.5. The second-order valence-corrected chi connectivity index (χ2v) is 6.52. The molecular weight excluding hydrogens is 357 g/mol. The summed E-state index contributed by atoms with van der Waals surface area (Å²) in [7, 11) is 0. The molecule has 3 rings (SSSR count). The van der Waals surface area contributed by atoms with Crippen molar-refractivity contribution in [1.82, 2.24) is 0 Å². The molecule has 3 aromatic rings. The fourth-order valence-electron chi connectivity index (χ4n) is 2.68. The topological polar surface area (TPSA) is 55.4 Å². The minimum atomic E-state index is -0.389. The monoisotopic (exact) mass is 377 g/mol.